The van der Waals surface area contributed by atoms with Crippen LogP contribution in [0.1, 0.15) is 65.5 Å². The van der Waals surface area contributed by atoms with Crippen LogP contribution in [0.3, 0.4) is 0 Å². The topological polar surface area (TPSA) is 83.7 Å². The minimum atomic E-state index is -0.285. The molecule has 5 unspecified atom stereocenters. The Kier molecular flexibility index (Phi) is 5.70. The minimum Gasteiger partial charge on any atom is -0.316 e. The molecule has 0 spiro atoms. The SMILES string of the molecule is CNCc1cc(C)c(C2CC3C(CC2C#N)NNC3c2ccc(C3(C#N)CC3)cc2)c(F)c1. The zero-order valence-electron chi connectivity index (χ0n) is 19.2. The number of hydrazine groups is 1. The van der Waals surface area contributed by atoms with Crippen LogP contribution in [0.5, 0.6) is 0 Å². The maximum atomic E-state index is 15.3. The normalized spacial score (nSPS) is 29.7. The maximum Gasteiger partial charge on any atom is 0.127 e. The van der Waals surface area contributed by atoms with Gasteiger partial charge in [-0.05, 0) is 79.5 Å². The molecule has 2 aromatic rings. The van der Waals surface area contributed by atoms with E-state index in [0.717, 1.165) is 36.0 Å². The van der Waals surface area contributed by atoms with Crippen LogP contribution in [0.25, 0.3) is 0 Å². The highest BCUT2D eigenvalue weighted by Crippen LogP contribution is 2.50. The molecule has 1 saturated heterocycles. The van der Waals surface area contributed by atoms with Crippen molar-refractivity contribution in [1.82, 2.24) is 16.2 Å². The van der Waals surface area contributed by atoms with E-state index in [9.17, 15) is 10.5 Å². The average Bonchev–Trinajstić information content (AvgIpc) is 3.51. The van der Waals surface area contributed by atoms with Gasteiger partial charge >= 0.3 is 0 Å². The molecular weight excluding hydrogens is 413 g/mol. The van der Waals surface area contributed by atoms with E-state index in [1.807, 2.05) is 20.0 Å². The second-order valence-electron chi connectivity index (χ2n) is 10.0. The van der Waals surface area contributed by atoms with Crippen molar-refractivity contribution in [3.05, 3.63) is 70.0 Å². The fourth-order valence-electron chi connectivity index (χ4n) is 6.07. The molecule has 3 aliphatic rings. The molecule has 33 heavy (non-hydrogen) atoms. The number of hydrogen-bond donors (Lipinski definition) is 3. The quantitative estimate of drug-likeness (QED) is 0.643. The first-order valence-corrected chi connectivity index (χ1v) is 11.9. The number of benzene rings is 2. The first-order chi connectivity index (χ1) is 16.0. The van der Waals surface area contributed by atoms with Gasteiger partial charge in [-0.25, -0.2) is 9.82 Å². The fourth-order valence-corrected chi connectivity index (χ4v) is 6.07. The predicted molar refractivity (Wildman–Crippen MR) is 124 cm³/mol. The summed E-state index contributed by atoms with van der Waals surface area (Å²) >= 11 is 0. The van der Waals surface area contributed by atoms with Crippen LogP contribution in [0.4, 0.5) is 4.39 Å². The van der Waals surface area contributed by atoms with Gasteiger partial charge in [-0.2, -0.15) is 10.5 Å². The number of halogens is 1. The highest BCUT2D eigenvalue weighted by molar-refractivity contribution is 5.41. The first-order valence-electron chi connectivity index (χ1n) is 11.9. The summed E-state index contributed by atoms with van der Waals surface area (Å²) in [4.78, 5) is 0. The Morgan fingerprint density at radius 2 is 1.88 bits per heavy atom. The van der Waals surface area contributed by atoms with Crippen molar-refractivity contribution >= 4 is 0 Å². The largest absolute Gasteiger partial charge is 0.316 e. The van der Waals surface area contributed by atoms with E-state index in [1.54, 1.807) is 6.07 Å². The Labute approximate surface area is 195 Å². The summed E-state index contributed by atoms with van der Waals surface area (Å²) in [5.41, 5.74) is 11.4. The van der Waals surface area contributed by atoms with Crippen molar-refractivity contribution in [2.75, 3.05) is 7.05 Å². The van der Waals surface area contributed by atoms with E-state index >= 15 is 4.39 Å². The Morgan fingerprint density at radius 3 is 2.48 bits per heavy atom. The van der Waals surface area contributed by atoms with E-state index in [4.69, 9.17) is 0 Å². The number of hydrogen-bond acceptors (Lipinski definition) is 5. The van der Waals surface area contributed by atoms with Gasteiger partial charge in [0.1, 0.15) is 5.82 Å². The summed E-state index contributed by atoms with van der Waals surface area (Å²) < 4.78 is 15.3. The third-order valence-electron chi connectivity index (χ3n) is 7.99. The van der Waals surface area contributed by atoms with Crippen molar-refractivity contribution in [3.8, 4) is 12.1 Å². The number of nitriles is 2. The minimum absolute atomic E-state index is 0.0929. The summed E-state index contributed by atoms with van der Waals surface area (Å²) in [5.74, 6) is -0.297. The molecule has 3 N–H and O–H groups in total. The monoisotopic (exact) mass is 443 g/mol. The van der Waals surface area contributed by atoms with Gasteiger partial charge in [0.25, 0.3) is 0 Å². The molecule has 5 rings (SSSR count). The molecular formula is C27H30FN5. The van der Waals surface area contributed by atoms with Crippen LogP contribution >= 0.6 is 0 Å². The van der Waals surface area contributed by atoms with E-state index in [2.05, 4.69) is 52.6 Å². The Morgan fingerprint density at radius 1 is 1.12 bits per heavy atom. The van der Waals surface area contributed by atoms with Crippen molar-refractivity contribution in [2.24, 2.45) is 11.8 Å². The number of nitrogens with zero attached hydrogens (tertiary/aromatic N) is 2. The third kappa shape index (κ3) is 3.83. The lowest BCUT2D eigenvalue weighted by Crippen LogP contribution is -2.39. The van der Waals surface area contributed by atoms with Crippen LogP contribution in [-0.4, -0.2) is 13.1 Å². The maximum absolute atomic E-state index is 15.3. The van der Waals surface area contributed by atoms with E-state index in [-0.39, 0.29) is 41.1 Å². The van der Waals surface area contributed by atoms with Gasteiger partial charge in [-0.15, -0.1) is 0 Å². The summed E-state index contributed by atoms with van der Waals surface area (Å²) in [6.07, 6.45) is 3.32. The van der Waals surface area contributed by atoms with Crippen molar-refractivity contribution < 1.29 is 4.39 Å². The van der Waals surface area contributed by atoms with Crippen LogP contribution in [0.2, 0.25) is 0 Å². The second-order valence-corrected chi connectivity index (χ2v) is 10.0. The summed E-state index contributed by atoms with van der Waals surface area (Å²) in [6.45, 7) is 2.58. The number of rotatable bonds is 5. The molecule has 0 radical (unpaired) electrons. The predicted octanol–water partition coefficient (Wildman–Crippen LogP) is 4.26. The smallest absolute Gasteiger partial charge is 0.127 e. The molecule has 2 aliphatic carbocycles. The standard InChI is InChI=1S/C27H30FN5/c1-16-9-17(14-31-2)10-23(28)25(16)21-12-22-24(11-19(21)13-29)32-33-26(22)18-3-5-20(6-4-18)27(15-30)7-8-27/h3-6,9-10,19,21-22,24,26,31-33H,7-8,11-12,14H2,1-2H3. The highest BCUT2D eigenvalue weighted by Gasteiger charge is 2.47. The van der Waals surface area contributed by atoms with E-state index < -0.39 is 0 Å². The lowest BCUT2D eigenvalue weighted by molar-refractivity contribution is 0.234. The summed E-state index contributed by atoms with van der Waals surface area (Å²) in [5, 5.41) is 22.5. The van der Waals surface area contributed by atoms with Gasteiger partial charge in [0.2, 0.25) is 0 Å². The molecule has 170 valence electrons. The van der Waals surface area contributed by atoms with Gasteiger partial charge in [-0.1, -0.05) is 30.3 Å². The van der Waals surface area contributed by atoms with Crippen LogP contribution in [0.15, 0.2) is 36.4 Å². The van der Waals surface area contributed by atoms with Gasteiger partial charge in [-0.3, -0.25) is 5.43 Å². The highest BCUT2D eigenvalue weighted by atomic mass is 19.1. The molecule has 0 bridgehead atoms. The van der Waals surface area contributed by atoms with Crippen molar-refractivity contribution in [3.63, 3.8) is 0 Å². The average molecular weight is 444 g/mol. The van der Waals surface area contributed by atoms with Gasteiger partial charge < -0.3 is 5.32 Å². The summed E-state index contributed by atoms with van der Waals surface area (Å²) in [7, 11) is 1.85. The molecule has 2 aromatic carbocycles. The van der Waals surface area contributed by atoms with Gasteiger partial charge in [0.15, 0.2) is 0 Å². The molecule has 5 nitrogen and oxygen atoms in total. The fraction of sp³-hybridized carbons (Fsp3) is 0.481. The molecule has 3 fully saturated rings. The molecule has 1 aliphatic heterocycles. The molecule has 0 amide bonds. The third-order valence-corrected chi connectivity index (χ3v) is 7.99. The molecule has 6 heteroatoms. The van der Waals surface area contributed by atoms with Crippen LogP contribution in [-0.2, 0) is 12.0 Å². The Balaban J connectivity index is 1.42. The Hall–Kier alpha value is -2.77. The van der Waals surface area contributed by atoms with Crippen molar-refractivity contribution in [2.45, 2.75) is 62.6 Å². The molecule has 2 saturated carbocycles. The van der Waals surface area contributed by atoms with E-state index in [1.165, 1.54) is 5.56 Å². The van der Waals surface area contributed by atoms with Crippen LogP contribution in [0, 0.1) is 47.2 Å². The lowest BCUT2D eigenvalue weighted by Gasteiger charge is -2.37. The molecule has 5 atom stereocenters. The van der Waals surface area contributed by atoms with Gasteiger partial charge in [0.05, 0.1) is 29.5 Å². The van der Waals surface area contributed by atoms with Gasteiger partial charge in [0, 0.05) is 18.5 Å². The number of aryl methyl sites for hydroxylation is 1. The van der Waals surface area contributed by atoms with Crippen LogP contribution < -0.4 is 16.2 Å². The molecule has 1 heterocycles. The second kappa shape index (κ2) is 8.54. The van der Waals surface area contributed by atoms with Crippen molar-refractivity contribution in [1.29, 1.82) is 10.5 Å². The Bertz CT molecular complexity index is 1100. The molecule has 0 aromatic heterocycles. The summed E-state index contributed by atoms with van der Waals surface area (Å²) in [6, 6.07) is 17.3. The number of fused-ring (bicyclic) bond motifs is 1. The lowest BCUT2D eigenvalue weighted by atomic mass is 9.66. The number of nitrogens with one attached hydrogen (secondary N) is 3. The zero-order chi connectivity index (χ0) is 23.2. The van der Waals surface area contributed by atoms with E-state index in [0.29, 0.717) is 18.5 Å². The zero-order valence-corrected chi connectivity index (χ0v) is 19.2. The first kappa shape index (κ1) is 22.0.